The molecular weight excluding hydrogens is 206 g/mol. The van der Waals surface area contributed by atoms with E-state index in [1.54, 1.807) is 0 Å². The van der Waals surface area contributed by atoms with Crippen LogP contribution < -0.4 is 0 Å². The highest BCUT2D eigenvalue weighted by molar-refractivity contribution is 5.05. The van der Waals surface area contributed by atoms with E-state index in [4.69, 9.17) is 0 Å². The summed E-state index contributed by atoms with van der Waals surface area (Å²) in [5, 5.41) is 11.9. The molecule has 6 nitrogen and oxygen atoms in total. The molecule has 0 amide bonds. The van der Waals surface area contributed by atoms with Crippen LogP contribution in [0.15, 0.2) is 23.1 Å². The molecule has 1 aliphatic rings. The van der Waals surface area contributed by atoms with Crippen LogP contribution in [0.25, 0.3) is 0 Å². The summed E-state index contributed by atoms with van der Waals surface area (Å²) in [5.74, 6) is 0. The number of hydrogen-bond acceptors (Lipinski definition) is 5. The molecule has 3 rings (SSSR count). The Bertz CT molecular complexity index is 457. The first kappa shape index (κ1) is 9.53. The Morgan fingerprint density at radius 1 is 1.44 bits per heavy atom. The maximum absolute atomic E-state index is 4.67. The Balaban J connectivity index is 1.56. The topological polar surface area (TPSA) is 60.0 Å². The molecule has 0 bridgehead atoms. The molecule has 0 unspecified atom stereocenters. The van der Waals surface area contributed by atoms with Crippen LogP contribution >= 0.6 is 0 Å². The van der Waals surface area contributed by atoms with Crippen LogP contribution in [0.3, 0.4) is 0 Å². The lowest BCUT2D eigenvalue weighted by Crippen LogP contribution is -2.47. The second-order valence-electron chi connectivity index (χ2n) is 4.13. The van der Waals surface area contributed by atoms with E-state index in [1.165, 1.54) is 0 Å². The molecule has 0 aromatic carbocycles. The van der Waals surface area contributed by atoms with Crippen LogP contribution in [-0.4, -0.2) is 38.1 Å². The fraction of sp³-hybridized carbons (Fsp3) is 0.500. The van der Waals surface area contributed by atoms with Gasteiger partial charge >= 0.3 is 0 Å². The van der Waals surface area contributed by atoms with Gasteiger partial charge in [0.1, 0.15) is 11.4 Å². The standard InChI is InChI=1S/C10H13N5O/c1-8-10(13-16-12-8)7-14-5-9(6-14)15-4-2-3-11-15/h2-4,9H,5-7H2,1H3. The molecule has 84 valence electrons. The Morgan fingerprint density at radius 2 is 2.31 bits per heavy atom. The first-order valence-corrected chi connectivity index (χ1v) is 5.32. The number of aromatic nitrogens is 4. The molecule has 0 aliphatic carbocycles. The quantitative estimate of drug-likeness (QED) is 0.757. The predicted octanol–water partition coefficient (Wildman–Crippen LogP) is 0.631. The van der Waals surface area contributed by atoms with E-state index in [-0.39, 0.29) is 0 Å². The summed E-state index contributed by atoms with van der Waals surface area (Å²) in [6.45, 7) is 4.74. The molecule has 0 atom stereocenters. The first-order valence-electron chi connectivity index (χ1n) is 5.32. The number of rotatable bonds is 3. The minimum Gasteiger partial charge on any atom is -0.293 e. The van der Waals surface area contributed by atoms with Gasteiger partial charge in [-0.2, -0.15) is 5.10 Å². The molecule has 0 N–H and O–H groups in total. The van der Waals surface area contributed by atoms with E-state index in [9.17, 15) is 0 Å². The first-order chi connectivity index (χ1) is 7.83. The van der Waals surface area contributed by atoms with Crippen LogP contribution in [0.1, 0.15) is 17.4 Å². The maximum Gasteiger partial charge on any atom is 0.122 e. The van der Waals surface area contributed by atoms with Crippen molar-refractivity contribution in [3.8, 4) is 0 Å². The summed E-state index contributed by atoms with van der Waals surface area (Å²) in [4.78, 5) is 2.30. The highest BCUT2D eigenvalue weighted by Gasteiger charge is 2.29. The number of nitrogens with zero attached hydrogens (tertiary/aromatic N) is 5. The largest absolute Gasteiger partial charge is 0.293 e. The fourth-order valence-electron chi connectivity index (χ4n) is 1.94. The van der Waals surface area contributed by atoms with Gasteiger partial charge in [-0.25, -0.2) is 4.63 Å². The monoisotopic (exact) mass is 219 g/mol. The van der Waals surface area contributed by atoms with Gasteiger partial charge in [0.2, 0.25) is 0 Å². The van der Waals surface area contributed by atoms with Gasteiger partial charge < -0.3 is 0 Å². The lowest BCUT2D eigenvalue weighted by atomic mass is 10.1. The molecule has 6 heteroatoms. The minimum absolute atomic E-state index is 0.496. The van der Waals surface area contributed by atoms with Crippen LogP contribution in [0.2, 0.25) is 0 Å². The Morgan fingerprint density at radius 3 is 2.94 bits per heavy atom. The second kappa shape index (κ2) is 3.71. The van der Waals surface area contributed by atoms with Gasteiger partial charge in [-0.05, 0) is 13.0 Å². The Labute approximate surface area is 92.8 Å². The molecule has 1 saturated heterocycles. The molecule has 16 heavy (non-hydrogen) atoms. The number of aryl methyl sites for hydroxylation is 1. The van der Waals surface area contributed by atoms with E-state index in [1.807, 2.05) is 30.1 Å². The van der Waals surface area contributed by atoms with Crippen molar-refractivity contribution in [2.75, 3.05) is 13.1 Å². The lowest BCUT2D eigenvalue weighted by molar-refractivity contribution is 0.0880. The molecule has 1 aliphatic heterocycles. The van der Waals surface area contributed by atoms with Gasteiger partial charge in [0.05, 0.1) is 6.04 Å². The summed E-state index contributed by atoms with van der Waals surface area (Å²) in [7, 11) is 0. The van der Waals surface area contributed by atoms with Gasteiger partial charge in [-0.1, -0.05) is 10.3 Å². The third-order valence-electron chi connectivity index (χ3n) is 2.96. The fourth-order valence-corrected chi connectivity index (χ4v) is 1.94. The Hall–Kier alpha value is -1.69. The van der Waals surface area contributed by atoms with E-state index in [0.29, 0.717) is 6.04 Å². The van der Waals surface area contributed by atoms with Crippen LogP contribution in [-0.2, 0) is 6.54 Å². The number of likely N-dealkylation sites (tertiary alicyclic amines) is 1. The third-order valence-corrected chi connectivity index (χ3v) is 2.96. The molecule has 0 radical (unpaired) electrons. The smallest absolute Gasteiger partial charge is 0.122 e. The average molecular weight is 219 g/mol. The second-order valence-corrected chi connectivity index (χ2v) is 4.13. The van der Waals surface area contributed by atoms with E-state index >= 15 is 0 Å². The maximum atomic E-state index is 4.67. The molecule has 0 spiro atoms. The molecular formula is C10H13N5O. The highest BCUT2D eigenvalue weighted by atomic mass is 16.6. The van der Waals surface area contributed by atoms with Gasteiger partial charge in [-0.15, -0.1) is 0 Å². The molecule has 1 fully saturated rings. The van der Waals surface area contributed by atoms with Crippen molar-refractivity contribution < 1.29 is 4.63 Å². The molecule has 2 aromatic heterocycles. The Kier molecular flexibility index (Phi) is 2.21. The van der Waals surface area contributed by atoms with Crippen molar-refractivity contribution in [1.82, 2.24) is 25.0 Å². The van der Waals surface area contributed by atoms with Crippen molar-refractivity contribution in [1.29, 1.82) is 0 Å². The summed E-state index contributed by atoms with van der Waals surface area (Å²) < 4.78 is 6.67. The average Bonchev–Trinajstić information content (AvgIpc) is 2.82. The van der Waals surface area contributed by atoms with Crippen molar-refractivity contribution in [3.63, 3.8) is 0 Å². The van der Waals surface area contributed by atoms with Crippen molar-refractivity contribution in [2.24, 2.45) is 0 Å². The van der Waals surface area contributed by atoms with E-state index in [0.717, 1.165) is 31.0 Å². The van der Waals surface area contributed by atoms with Crippen molar-refractivity contribution >= 4 is 0 Å². The van der Waals surface area contributed by atoms with Crippen LogP contribution in [0, 0.1) is 6.92 Å². The highest BCUT2D eigenvalue weighted by Crippen LogP contribution is 2.22. The molecule has 3 heterocycles. The lowest BCUT2D eigenvalue weighted by Gasteiger charge is -2.38. The third kappa shape index (κ3) is 1.61. The zero-order valence-electron chi connectivity index (χ0n) is 9.08. The minimum atomic E-state index is 0.496. The predicted molar refractivity (Wildman–Crippen MR) is 55.6 cm³/mol. The molecule has 2 aromatic rings. The molecule has 0 saturated carbocycles. The zero-order valence-corrected chi connectivity index (χ0v) is 9.08. The van der Waals surface area contributed by atoms with Crippen molar-refractivity contribution in [3.05, 3.63) is 29.8 Å². The van der Waals surface area contributed by atoms with Crippen LogP contribution in [0.4, 0.5) is 0 Å². The SMILES string of the molecule is Cc1nonc1CN1CC(n2cccn2)C1. The van der Waals surface area contributed by atoms with Gasteiger partial charge in [0.25, 0.3) is 0 Å². The van der Waals surface area contributed by atoms with Gasteiger partial charge in [0.15, 0.2) is 0 Å². The van der Waals surface area contributed by atoms with E-state index in [2.05, 4.69) is 24.9 Å². The van der Waals surface area contributed by atoms with E-state index < -0.39 is 0 Å². The summed E-state index contributed by atoms with van der Waals surface area (Å²) >= 11 is 0. The van der Waals surface area contributed by atoms with Gasteiger partial charge in [0, 0.05) is 32.0 Å². The number of hydrogen-bond donors (Lipinski definition) is 0. The summed E-state index contributed by atoms with van der Waals surface area (Å²) in [5.41, 5.74) is 1.81. The summed E-state index contributed by atoms with van der Waals surface area (Å²) in [6, 6.07) is 2.45. The van der Waals surface area contributed by atoms with Crippen LogP contribution in [0.5, 0.6) is 0 Å². The summed E-state index contributed by atoms with van der Waals surface area (Å²) in [6.07, 6.45) is 3.82. The zero-order chi connectivity index (χ0) is 11.0. The van der Waals surface area contributed by atoms with Gasteiger partial charge in [-0.3, -0.25) is 9.58 Å². The normalized spacial score (nSPS) is 17.6. The van der Waals surface area contributed by atoms with Crippen molar-refractivity contribution in [2.45, 2.75) is 19.5 Å².